The highest BCUT2D eigenvalue weighted by molar-refractivity contribution is 6.07. The zero-order chi connectivity index (χ0) is 26.5. The number of ketones is 1. The van der Waals surface area contributed by atoms with Gasteiger partial charge in [0, 0.05) is 31.4 Å². The molecule has 5 nitrogen and oxygen atoms in total. The van der Waals surface area contributed by atoms with Gasteiger partial charge in [-0.25, -0.2) is 4.79 Å². The van der Waals surface area contributed by atoms with Gasteiger partial charge in [0.15, 0.2) is 5.78 Å². The van der Waals surface area contributed by atoms with E-state index in [-0.39, 0.29) is 5.78 Å². The molecular formula is C32H35NO4. The minimum atomic E-state index is -0.516. The number of unbranched alkanes of at least 4 members (excludes halogenated alkanes) is 3. The Morgan fingerprint density at radius 3 is 2.14 bits per heavy atom. The van der Waals surface area contributed by atoms with Gasteiger partial charge < -0.3 is 14.4 Å². The Balaban J connectivity index is 1.51. The van der Waals surface area contributed by atoms with E-state index < -0.39 is 5.97 Å². The highest BCUT2D eigenvalue weighted by Crippen LogP contribution is 2.18. The summed E-state index contributed by atoms with van der Waals surface area (Å²) >= 11 is 0. The van der Waals surface area contributed by atoms with E-state index in [0.717, 1.165) is 29.0 Å². The maximum Gasteiger partial charge on any atom is 0.336 e. The van der Waals surface area contributed by atoms with Gasteiger partial charge in [0.05, 0.1) is 6.61 Å². The van der Waals surface area contributed by atoms with Crippen molar-refractivity contribution in [2.45, 2.75) is 32.6 Å². The Labute approximate surface area is 220 Å². The van der Waals surface area contributed by atoms with Crippen molar-refractivity contribution in [2.75, 3.05) is 25.6 Å². The van der Waals surface area contributed by atoms with E-state index in [1.807, 2.05) is 67.5 Å². The van der Waals surface area contributed by atoms with Crippen LogP contribution < -0.4 is 14.4 Å². The predicted octanol–water partition coefficient (Wildman–Crippen LogP) is 7.23. The van der Waals surface area contributed by atoms with Crippen molar-refractivity contribution in [1.82, 2.24) is 0 Å². The number of esters is 1. The van der Waals surface area contributed by atoms with E-state index in [4.69, 9.17) is 9.47 Å². The topological polar surface area (TPSA) is 55.8 Å². The lowest BCUT2D eigenvalue weighted by Crippen LogP contribution is -2.07. The van der Waals surface area contributed by atoms with Crippen LogP contribution in [0.5, 0.6) is 11.5 Å². The molecule has 0 N–H and O–H groups in total. The third-order valence-electron chi connectivity index (χ3n) is 5.73. The Bertz CT molecular complexity index is 1210. The lowest BCUT2D eigenvalue weighted by atomic mass is 10.1. The van der Waals surface area contributed by atoms with Gasteiger partial charge in [-0.15, -0.1) is 0 Å². The number of ether oxygens (including phenoxy) is 2. The van der Waals surface area contributed by atoms with Crippen LogP contribution in [0, 0.1) is 0 Å². The summed E-state index contributed by atoms with van der Waals surface area (Å²) < 4.78 is 11.2. The molecule has 0 heterocycles. The van der Waals surface area contributed by atoms with Crippen molar-refractivity contribution in [3.63, 3.8) is 0 Å². The van der Waals surface area contributed by atoms with Crippen LogP contribution in [0.2, 0.25) is 0 Å². The van der Waals surface area contributed by atoms with Crippen LogP contribution in [0.4, 0.5) is 5.69 Å². The normalized spacial score (nSPS) is 11.1. The van der Waals surface area contributed by atoms with Crippen LogP contribution in [0.1, 0.15) is 54.1 Å². The molecule has 0 saturated carbocycles. The number of carbonyl (C=O) groups excluding carboxylic acids is 2. The number of rotatable bonds is 13. The number of anilines is 1. The maximum atomic E-state index is 12.6. The molecule has 0 spiro atoms. The quantitative estimate of drug-likeness (QED) is 0.0820. The summed E-state index contributed by atoms with van der Waals surface area (Å²) in [5.41, 5.74) is 3.33. The second kappa shape index (κ2) is 14.4. The molecular weight excluding hydrogens is 462 g/mol. The van der Waals surface area contributed by atoms with Gasteiger partial charge in [0.1, 0.15) is 11.5 Å². The fourth-order valence-corrected chi connectivity index (χ4v) is 3.57. The molecule has 37 heavy (non-hydrogen) atoms. The molecule has 3 rings (SSSR count). The maximum absolute atomic E-state index is 12.6. The molecule has 192 valence electrons. The van der Waals surface area contributed by atoms with Gasteiger partial charge in [0.2, 0.25) is 0 Å². The van der Waals surface area contributed by atoms with Gasteiger partial charge >= 0.3 is 5.97 Å². The fraction of sp³-hybridized carbons (Fsp3) is 0.250. The molecule has 0 bridgehead atoms. The average Bonchev–Trinajstić information content (AvgIpc) is 2.91. The molecule has 0 aliphatic heterocycles. The summed E-state index contributed by atoms with van der Waals surface area (Å²) in [6.45, 7) is 2.90. The number of benzene rings is 3. The first-order valence-corrected chi connectivity index (χ1v) is 12.7. The molecule has 0 unspecified atom stereocenters. The zero-order valence-corrected chi connectivity index (χ0v) is 21.9. The predicted molar refractivity (Wildman–Crippen MR) is 151 cm³/mol. The summed E-state index contributed by atoms with van der Waals surface area (Å²) in [6.07, 6.45) is 11.0. The molecule has 5 heteroatoms. The van der Waals surface area contributed by atoms with E-state index >= 15 is 0 Å². The monoisotopic (exact) mass is 497 g/mol. The molecule has 0 aromatic heterocycles. The SMILES string of the molecule is CCCCCCOc1ccc(/C=C/C(=O)Oc2cccc(C(=O)/C=C/c3ccc(N(C)C)cc3)c2)cc1. The minimum Gasteiger partial charge on any atom is -0.494 e. The first-order valence-electron chi connectivity index (χ1n) is 12.7. The van der Waals surface area contributed by atoms with Crippen molar-refractivity contribution in [2.24, 2.45) is 0 Å². The third kappa shape index (κ3) is 9.45. The van der Waals surface area contributed by atoms with Crippen molar-refractivity contribution < 1.29 is 19.1 Å². The van der Waals surface area contributed by atoms with Gasteiger partial charge in [-0.1, -0.05) is 68.7 Å². The van der Waals surface area contributed by atoms with Crippen molar-refractivity contribution >= 4 is 29.6 Å². The molecule has 0 atom stereocenters. The van der Waals surface area contributed by atoms with Crippen molar-refractivity contribution in [1.29, 1.82) is 0 Å². The van der Waals surface area contributed by atoms with E-state index in [9.17, 15) is 9.59 Å². The smallest absolute Gasteiger partial charge is 0.336 e. The van der Waals surface area contributed by atoms with Crippen LogP contribution in [0.15, 0.2) is 84.9 Å². The first-order chi connectivity index (χ1) is 17.9. The summed E-state index contributed by atoms with van der Waals surface area (Å²) in [4.78, 5) is 26.9. The molecule has 0 fully saturated rings. The minimum absolute atomic E-state index is 0.169. The Kier molecular flexibility index (Phi) is 10.7. The van der Waals surface area contributed by atoms with Crippen LogP contribution in [0.25, 0.3) is 12.2 Å². The molecule has 0 saturated heterocycles. The molecule has 3 aromatic rings. The fourth-order valence-electron chi connectivity index (χ4n) is 3.57. The molecule has 0 aliphatic rings. The van der Waals surface area contributed by atoms with Crippen LogP contribution in [-0.4, -0.2) is 32.5 Å². The van der Waals surface area contributed by atoms with Gasteiger partial charge in [-0.3, -0.25) is 4.79 Å². The summed E-state index contributed by atoms with van der Waals surface area (Å²) in [6, 6.07) is 22.1. The van der Waals surface area contributed by atoms with Gasteiger partial charge in [0.25, 0.3) is 0 Å². The number of nitrogens with zero attached hydrogens (tertiary/aromatic N) is 1. The molecule has 0 aliphatic carbocycles. The van der Waals surface area contributed by atoms with E-state index in [1.54, 1.807) is 36.4 Å². The van der Waals surface area contributed by atoms with Gasteiger partial charge in [-0.2, -0.15) is 0 Å². The number of hydrogen-bond donors (Lipinski definition) is 0. The van der Waals surface area contributed by atoms with Crippen molar-refractivity contribution in [3.05, 3.63) is 102 Å². The average molecular weight is 498 g/mol. The lowest BCUT2D eigenvalue weighted by molar-refractivity contribution is -0.128. The second-order valence-corrected chi connectivity index (χ2v) is 8.94. The Hall–Kier alpha value is -4.12. The number of carbonyl (C=O) groups is 2. The van der Waals surface area contributed by atoms with E-state index in [0.29, 0.717) is 17.9 Å². The highest BCUT2D eigenvalue weighted by Gasteiger charge is 2.06. The standard InChI is InChI=1S/C32H35NO4/c1-4-5-6-7-23-36-29-19-13-26(14-20-29)16-22-32(35)37-30-10-8-9-27(24-30)31(34)21-15-25-11-17-28(18-12-25)33(2)3/h8-22,24H,4-7,23H2,1-3H3/b21-15+,22-16+. The highest BCUT2D eigenvalue weighted by atomic mass is 16.5. The van der Waals surface area contributed by atoms with E-state index in [1.165, 1.54) is 31.4 Å². The van der Waals surface area contributed by atoms with Crippen molar-refractivity contribution in [3.8, 4) is 11.5 Å². The number of hydrogen-bond acceptors (Lipinski definition) is 5. The molecule has 0 amide bonds. The Morgan fingerprint density at radius 1 is 0.784 bits per heavy atom. The van der Waals surface area contributed by atoms with E-state index in [2.05, 4.69) is 6.92 Å². The Morgan fingerprint density at radius 2 is 1.46 bits per heavy atom. The largest absolute Gasteiger partial charge is 0.494 e. The van der Waals surface area contributed by atoms with Crippen LogP contribution in [0.3, 0.4) is 0 Å². The second-order valence-electron chi connectivity index (χ2n) is 8.94. The third-order valence-corrected chi connectivity index (χ3v) is 5.73. The number of allylic oxidation sites excluding steroid dienone is 1. The van der Waals surface area contributed by atoms with Crippen LogP contribution >= 0.6 is 0 Å². The van der Waals surface area contributed by atoms with Gasteiger partial charge in [-0.05, 0) is 66.1 Å². The summed E-state index contributed by atoms with van der Waals surface area (Å²) in [7, 11) is 3.96. The molecule has 3 aromatic carbocycles. The zero-order valence-electron chi connectivity index (χ0n) is 21.9. The molecule has 0 radical (unpaired) electrons. The summed E-state index contributed by atoms with van der Waals surface area (Å²) in [5, 5.41) is 0. The first kappa shape index (κ1) is 27.5. The lowest BCUT2D eigenvalue weighted by Gasteiger charge is -2.11. The summed E-state index contributed by atoms with van der Waals surface area (Å²) in [5.74, 6) is 0.448. The van der Waals surface area contributed by atoms with Crippen LogP contribution in [-0.2, 0) is 4.79 Å².